The highest BCUT2D eigenvalue weighted by Crippen LogP contribution is 2.30. The van der Waals surface area contributed by atoms with Crippen molar-refractivity contribution in [3.05, 3.63) is 5.82 Å². The van der Waals surface area contributed by atoms with Gasteiger partial charge in [-0.15, -0.1) is 5.10 Å². The summed E-state index contributed by atoms with van der Waals surface area (Å²) in [6, 6.07) is 0. The molecule has 1 atom stereocenters. The van der Waals surface area contributed by atoms with Crippen LogP contribution < -0.4 is 0 Å². The standard InChI is InChI=1S/C11H18N4O3/c16-11(3-6-17-7-4-11)10-12-13-14-15(10)8-9-2-1-5-18-9/h9,16H,1-8H2. The van der Waals surface area contributed by atoms with Gasteiger partial charge in [0.25, 0.3) is 0 Å². The molecule has 7 nitrogen and oxygen atoms in total. The SMILES string of the molecule is OC1(c2nnnn2CC2CCCO2)CCOCC1. The second kappa shape index (κ2) is 4.91. The molecule has 2 fully saturated rings. The molecule has 0 radical (unpaired) electrons. The molecule has 3 heterocycles. The lowest BCUT2D eigenvalue weighted by atomic mass is 9.93. The molecule has 0 aromatic carbocycles. The van der Waals surface area contributed by atoms with Crippen molar-refractivity contribution in [2.45, 2.75) is 43.9 Å². The summed E-state index contributed by atoms with van der Waals surface area (Å²) >= 11 is 0. The zero-order valence-corrected chi connectivity index (χ0v) is 10.3. The molecule has 0 amide bonds. The number of aromatic nitrogens is 4. The average Bonchev–Trinajstić information content (AvgIpc) is 3.02. The molecule has 100 valence electrons. The fourth-order valence-electron chi connectivity index (χ4n) is 2.57. The minimum absolute atomic E-state index is 0.163. The van der Waals surface area contributed by atoms with E-state index in [1.165, 1.54) is 0 Å². The van der Waals surface area contributed by atoms with Crippen LogP contribution in [0.2, 0.25) is 0 Å². The molecule has 3 rings (SSSR count). The predicted octanol–water partition coefficient (Wildman–Crippen LogP) is -0.150. The van der Waals surface area contributed by atoms with Crippen molar-refractivity contribution >= 4 is 0 Å². The molecule has 0 aliphatic carbocycles. The van der Waals surface area contributed by atoms with Crippen LogP contribution in [-0.2, 0) is 21.6 Å². The van der Waals surface area contributed by atoms with Gasteiger partial charge >= 0.3 is 0 Å². The van der Waals surface area contributed by atoms with Crippen LogP contribution in [0.4, 0.5) is 0 Å². The Balaban J connectivity index is 1.77. The summed E-state index contributed by atoms with van der Waals surface area (Å²) in [6.07, 6.45) is 3.36. The van der Waals surface area contributed by atoms with Crippen molar-refractivity contribution in [3.63, 3.8) is 0 Å². The first-order valence-corrected chi connectivity index (χ1v) is 6.46. The topological polar surface area (TPSA) is 82.3 Å². The van der Waals surface area contributed by atoms with Gasteiger partial charge in [-0.2, -0.15) is 0 Å². The zero-order chi connectivity index (χ0) is 12.4. The third-order valence-electron chi connectivity index (χ3n) is 3.67. The Kier molecular flexibility index (Phi) is 3.27. The first kappa shape index (κ1) is 12.0. The summed E-state index contributed by atoms with van der Waals surface area (Å²) < 4.78 is 12.5. The van der Waals surface area contributed by atoms with Crippen molar-refractivity contribution in [3.8, 4) is 0 Å². The molecule has 1 N–H and O–H groups in total. The van der Waals surface area contributed by atoms with Crippen molar-refractivity contribution in [1.82, 2.24) is 20.2 Å². The van der Waals surface area contributed by atoms with E-state index in [1.54, 1.807) is 4.68 Å². The summed E-state index contributed by atoms with van der Waals surface area (Å²) in [7, 11) is 0. The molecule has 2 aliphatic heterocycles. The van der Waals surface area contributed by atoms with Crippen LogP contribution >= 0.6 is 0 Å². The number of hydrogen-bond donors (Lipinski definition) is 1. The van der Waals surface area contributed by atoms with E-state index in [2.05, 4.69) is 15.5 Å². The summed E-state index contributed by atoms with van der Waals surface area (Å²) in [5.41, 5.74) is -0.958. The van der Waals surface area contributed by atoms with E-state index >= 15 is 0 Å². The highest BCUT2D eigenvalue weighted by molar-refractivity contribution is 5.01. The molecule has 1 unspecified atom stereocenters. The van der Waals surface area contributed by atoms with Crippen molar-refractivity contribution in [1.29, 1.82) is 0 Å². The van der Waals surface area contributed by atoms with Gasteiger partial charge in [0.15, 0.2) is 5.82 Å². The summed E-state index contributed by atoms with van der Waals surface area (Å²) in [5, 5.41) is 22.3. The van der Waals surface area contributed by atoms with Crippen molar-refractivity contribution in [2.75, 3.05) is 19.8 Å². The van der Waals surface area contributed by atoms with Gasteiger partial charge in [-0.3, -0.25) is 0 Å². The van der Waals surface area contributed by atoms with Gasteiger partial charge in [0.05, 0.1) is 12.6 Å². The maximum atomic E-state index is 10.6. The molecule has 1 aromatic heterocycles. The van der Waals surface area contributed by atoms with Gasteiger partial charge in [-0.05, 0) is 23.3 Å². The number of aliphatic hydroxyl groups is 1. The molecule has 2 aliphatic rings. The minimum atomic E-state index is -0.958. The lowest BCUT2D eigenvalue weighted by Gasteiger charge is -2.30. The molecule has 7 heteroatoms. The van der Waals surface area contributed by atoms with Crippen LogP contribution in [0.1, 0.15) is 31.5 Å². The monoisotopic (exact) mass is 254 g/mol. The Morgan fingerprint density at radius 1 is 1.33 bits per heavy atom. The van der Waals surface area contributed by atoms with E-state index in [0.717, 1.165) is 19.4 Å². The average molecular weight is 254 g/mol. The fourth-order valence-corrected chi connectivity index (χ4v) is 2.57. The Bertz CT molecular complexity index is 397. The van der Waals surface area contributed by atoms with Gasteiger partial charge in [0, 0.05) is 32.7 Å². The molecule has 1 aromatic rings. The molecule has 0 bridgehead atoms. The maximum Gasteiger partial charge on any atom is 0.183 e. The number of tetrazole rings is 1. The second-order valence-electron chi connectivity index (χ2n) is 4.96. The number of nitrogens with zero attached hydrogens (tertiary/aromatic N) is 4. The normalized spacial score (nSPS) is 27.5. The third kappa shape index (κ3) is 2.25. The van der Waals surface area contributed by atoms with Crippen LogP contribution in [0.15, 0.2) is 0 Å². The van der Waals surface area contributed by atoms with Crippen LogP contribution in [0, 0.1) is 0 Å². The van der Waals surface area contributed by atoms with Crippen LogP contribution in [0.3, 0.4) is 0 Å². The quantitative estimate of drug-likeness (QED) is 0.807. The van der Waals surface area contributed by atoms with Gasteiger partial charge in [0.1, 0.15) is 5.60 Å². The highest BCUT2D eigenvalue weighted by Gasteiger charge is 2.37. The Labute approximate surface area is 105 Å². The van der Waals surface area contributed by atoms with Gasteiger partial charge in [-0.25, -0.2) is 4.68 Å². The first-order chi connectivity index (χ1) is 8.78. The Morgan fingerprint density at radius 3 is 2.89 bits per heavy atom. The number of rotatable bonds is 3. The van der Waals surface area contributed by atoms with Gasteiger partial charge in [-0.1, -0.05) is 0 Å². The van der Waals surface area contributed by atoms with E-state index in [9.17, 15) is 5.11 Å². The van der Waals surface area contributed by atoms with E-state index in [-0.39, 0.29) is 6.10 Å². The van der Waals surface area contributed by atoms with Gasteiger partial charge < -0.3 is 14.6 Å². The molecule has 2 saturated heterocycles. The molecular weight excluding hydrogens is 236 g/mol. The summed E-state index contributed by atoms with van der Waals surface area (Å²) in [5.74, 6) is 0.543. The van der Waals surface area contributed by atoms with E-state index < -0.39 is 5.60 Å². The van der Waals surface area contributed by atoms with E-state index in [4.69, 9.17) is 9.47 Å². The predicted molar refractivity (Wildman–Crippen MR) is 60.7 cm³/mol. The minimum Gasteiger partial charge on any atom is -0.382 e. The second-order valence-corrected chi connectivity index (χ2v) is 4.96. The molecular formula is C11H18N4O3. The fraction of sp³-hybridized carbons (Fsp3) is 0.909. The van der Waals surface area contributed by atoms with Gasteiger partial charge in [0.2, 0.25) is 0 Å². The molecule has 0 saturated carbocycles. The Morgan fingerprint density at radius 2 is 2.17 bits per heavy atom. The number of ether oxygens (including phenoxy) is 2. The smallest absolute Gasteiger partial charge is 0.183 e. The lowest BCUT2D eigenvalue weighted by molar-refractivity contribution is -0.0767. The van der Waals surface area contributed by atoms with Crippen LogP contribution in [-0.4, -0.2) is 51.2 Å². The maximum absolute atomic E-state index is 10.6. The van der Waals surface area contributed by atoms with Crippen molar-refractivity contribution in [2.24, 2.45) is 0 Å². The summed E-state index contributed by atoms with van der Waals surface area (Å²) in [6.45, 7) is 2.51. The largest absolute Gasteiger partial charge is 0.382 e. The lowest BCUT2D eigenvalue weighted by Crippen LogP contribution is -2.37. The van der Waals surface area contributed by atoms with E-state index in [1.807, 2.05) is 0 Å². The van der Waals surface area contributed by atoms with E-state index in [0.29, 0.717) is 38.4 Å². The first-order valence-electron chi connectivity index (χ1n) is 6.46. The Hall–Kier alpha value is -1.05. The number of hydrogen-bond acceptors (Lipinski definition) is 6. The highest BCUT2D eigenvalue weighted by atomic mass is 16.5. The van der Waals surface area contributed by atoms with Crippen LogP contribution in [0.25, 0.3) is 0 Å². The molecule has 18 heavy (non-hydrogen) atoms. The van der Waals surface area contributed by atoms with Crippen molar-refractivity contribution < 1.29 is 14.6 Å². The zero-order valence-electron chi connectivity index (χ0n) is 10.3. The third-order valence-corrected chi connectivity index (χ3v) is 3.67. The molecule has 0 spiro atoms. The summed E-state index contributed by atoms with van der Waals surface area (Å²) in [4.78, 5) is 0. The van der Waals surface area contributed by atoms with Crippen LogP contribution in [0.5, 0.6) is 0 Å².